The highest BCUT2D eigenvalue weighted by atomic mass is 16.5. The summed E-state index contributed by atoms with van der Waals surface area (Å²) in [5.41, 5.74) is 1.72. The van der Waals surface area contributed by atoms with Crippen LogP contribution in [0, 0.1) is 13.8 Å². The molecule has 146 valence electrons. The Balaban J connectivity index is 1.99. The fraction of sp³-hybridized carbons (Fsp3) is 0.450. The number of aryl methyl sites for hydroxylation is 2. The first kappa shape index (κ1) is 20.5. The summed E-state index contributed by atoms with van der Waals surface area (Å²) in [6, 6.07) is 8.92. The van der Waals surface area contributed by atoms with Crippen LogP contribution >= 0.6 is 0 Å². The van der Waals surface area contributed by atoms with E-state index in [2.05, 4.69) is 22.7 Å². The Hall–Kier alpha value is -2.83. The van der Waals surface area contributed by atoms with Crippen LogP contribution < -0.4 is 10.6 Å². The molecule has 0 aliphatic heterocycles. The molecule has 27 heavy (non-hydrogen) atoms. The number of amides is 3. The monoisotopic (exact) mass is 372 g/mol. The van der Waals surface area contributed by atoms with Crippen LogP contribution in [0.25, 0.3) is 0 Å². The quantitative estimate of drug-likeness (QED) is 0.641. The molecule has 1 aromatic heterocycles. The Morgan fingerprint density at radius 3 is 2.56 bits per heavy atom. The summed E-state index contributed by atoms with van der Waals surface area (Å²) in [6.07, 6.45) is 4.10. The van der Waals surface area contributed by atoms with Gasteiger partial charge in [-0.05, 0) is 31.9 Å². The minimum atomic E-state index is -0.307. The Bertz CT molecular complexity index is 757. The number of benzene rings is 1. The van der Waals surface area contributed by atoms with Gasteiger partial charge in [-0.1, -0.05) is 49.5 Å². The maximum Gasteiger partial charge on any atom is 0.322 e. The Morgan fingerprint density at radius 1 is 1.11 bits per heavy atom. The zero-order valence-electron chi connectivity index (χ0n) is 16.2. The van der Waals surface area contributed by atoms with Gasteiger partial charge in [-0.25, -0.2) is 4.79 Å². The molecule has 7 heteroatoms. The Labute approximate surface area is 160 Å². The van der Waals surface area contributed by atoms with E-state index < -0.39 is 0 Å². The zero-order valence-corrected chi connectivity index (χ0v) is 16.2. The number of anilines is 2. The largest absolute Gasteiger partial charge is 0.360 e. The van der Waals surface area contributed by atoms with Crippen molar-refractivity contribution in [2.24, 2.45) is 0 Å². The van der Waals surface area contributed by atoms with Crippen LogP contribution in [0.5, 0.6) is 0 Å². The van der Waals surface area contributed by atoms with E-state index >= 15 is 0 Å². The van der Waals surface area contributed by atoms with Gasteiger partial charge in [-0.2, -0.15) is 0 Å². The maximum atomic E-state index is 12.7. The molecule has 7 nitrogen and oxygen atoms in total. The van der Waals surface area contributed by atoms with Crippen molar-refractivity contribution in [1.29, 1.82) is 0 Å². The van der Waals surface area contributed by atoms with E-state index in [9.17, 15) is 9.59 Å². The summed E-state index contributed by atoms with van der Waals surface area (Å²) < 4.78 is 4.94. The lowest BCUT2D eigenvalue weighted by Crippen LogP contribution is -2.41. The first-order valence-electron chi connectivity index (χ1n) is 9.34. The predicted octanol–water partition coefficient (Wildman–Crippen LogP) is 4.34. The van der Waals surface area contributed by atoms with E-state index in [1.54, 1.807) is 13.0 Å². The van der Waals surface area contributed by atoms with Crippen LogP contribution in [0.4, 0.5) is 16.3 Å². The second kappa shape index (κ2) is 10.4. The van der Waals surface area contributed by atoms with Crippen LogP contribution in [0.2, 0.25) is 0 Å². The van der Waals surface area contributed by atoms with Crippen molar-refractivity contribution in [2.75, 3.05) is 23.7 Å². The Morgan fingerprint density at radius 2 is 1.89 bits per heavy atom. The summed E-state index contributed by atoms with van der Waals surface area (Å²) >= 11 is 0. The number of rotatable bonds is 9. The lowest BCUT2D eigenvalue weighted by molar-refractivity contribution is -0.116. The van der Waals surface area contributed by atoms with Gasteiger partial charge in [0.2, 0.25) is 5.91 Å². The summed E-state index contributed by atoms with van der Waals surface area (Å²) in [7, 11) is 0. The summed E-state index contributed by atoms with van der Waals surface area (Å²) in [6.45, 7) is 6.29. The number of nitrogens with one attached hydrogen (secondary N) is 2. The third kappa shape index (κ3) is 6.77. The number of urea groups is 1. The molecule has 1 heterocycles. The van der Waals surface area contributed by atoms with Crippen molar-refractivity contribution in [3.63, 3.8) is 0 Å². The molecule has 0 saturated heterocycles. The van der Waals surface area contributed by atoms with E-state index in [0.29, 0.717) is 18.1 Å². The summed E-state index contributed by atoms with van der Waals surface area (Å²) in [5.74, 6) is 0.653. The number of aromatic nitrogens is 1. The second-order valence-electron chi connectivity index (χ2n) is 6.60. The molecule has 3 amide bonds. The van der Waals surface area contributed by atoms with Crippen LogP contribution in [-0.4, -0.2) is 35.1 Å². The highest BCUT2D eigenvalue weighted by Gasteiger charge is 2.18. The number of unbranched alkanes of at least 4 members (excludes halogenated alkanes) is 3. The number of para-hydroxylation sites is 1. The average Bonchev–Trinajstić information content (AvgIpc) is 3.04. The van der Waals surface area contributed by atoms with Gasteiger partial charge in [0, 0.05) is 18.3 Å². The molecule has 2 N–H and O–H groups in total. The minimum absolute atomic E-state index is 0.0459. The number of nitrogens with zero attached hydrogens (tertiary/aromatic N) is 2. The van der Waals surface area contributed by atoms with Gasteiger partial charge in [0.25, 0.3) is 0 Å². The second-order valence-corrected chi connectivity index (χ2v) is 6.60. The molecular weight excluding hydrogens is 344 g/mol. The van der Waals surface area contributed by atoms with Gasteiger partial charge in [0.05, 0.1) is 0 Å². The molecule has 0 radical (unpaired) electrons. The van der Waals surface area contributed by atoms with E-state index in [1.807, 2.05) is 31.2 Å². The Kier molecular flexibility index (Phi) is 7.85. The molecular formula is C20H28N4O3. The third-order valence-electron chi connectivity index (χ3n) is 4.19. The van der Waals surface area contributed by atoms with Crippen LogP contribution in [-0.2, 0) is 4.79 Å². The summed E-state index contributed by atoms with van der Waals surface area (Å²) in [4.78, 5) is 26.6. The lowest BCUT2D eigenvalue weighted by atomic mass is 10.2. The highest BCUT2D eigenvalue weighted by Crippen LogP contribution is 2.14. The zero-order chi connectivity index (χ0) is 19.6. The molecule has 1 aromatic carbocycles. The molecule has 0 spiro atoms. The summed E-state index contributed by atoms with van der Waals surface area (Å²) in [5, 5.41) is 9.30. The van der Waals surface area contributed by atoms with E-state index in [-0.39, 0.29) is 18.5 Å². The van der Waals surface area contributed by atoms with E-state index in [4.69, 9.17) is 4.52 Å². The molecule has 0 fully saturated rings. The fourth-order valence-corrected chi connectivity index (χ4v) is 2.67. The van der Waals surface area contributed by atoms with Crippen LogP contribution in [0.15, 0.2) is 34.9 Å². The third-order valence-corrected chi connectivity index (χ3v) is 4.19. The van der Waals surface area contributed by atoms with Crippen molar-refractivity contribution in [1.82, 2.24) is 10.1 Å². The smallest absolute Gasteiger partial charge is 0.322 e. The SMILES string of the molecule is CCCCCCN(CC(=O)Nc1cc(C)on1)C(=O)Nc1ccccc1C. The van der Waals surface area contributed by atoms with Gasteiger partial charge in [0.15, 0.2) is 5.82 Å². The normalized spacial score (nSPS) is 10.5. The van der Waals surface area contributed by atoms with Gasteiger partial charge in [-0.3, -0.25) is 4.79 Å². The minimum Gasteiger partial charge on any atom is -0.360 e. The predicted molar refractivity (Wildman–Crippen MR) is 106 cm³/mol. The van der Waals surface area contributed by atoms with Gasteiger partial charge >= 0.3 is 6.03 Å². The molecule has 2 rings (SSSR count). The van der Waals surface area contributed by atoms with Crippen molar-refractivity contribution < 1.29 is 14.1 Å². The molecule has 2 aromatic rings. The molecule has 0 saturated carbocycles. The van der Waals surface area contributed by atoms with E-state index in [0.717, 1.165) is 36.9 Å². The first-order chi connectivity index (χ1) is 13.0. The molecule has 0 atom stereocenters. The van der Waals surface area contributed by atoms with E-state index in [1.165, 1.54) is 4.90 Å². The molecule has 0 bridgehead atoms. The van der Waals surface area contributed by atoms with Crippen molar-refractivity contribution in [3.05, 3.63) is 41.7 Å². The van der Waals surface area contributed by atoms with Crippen LogP contribution in [0.3, 0.4) is 0 Å². The van der Waals surface area contributed by atoms with Crippen molar-refractivity contribution >= 4 is 23.4 Å². The number of carbonyl (C=O) groups excluding carboxylic acids is 2. The molecule has 0 aliphatic carbocycles. The van der Waals surface area contributed by atoms with Gasteiger partial charge in [-0.15, -0.1) is 0 Å². The number of hydrogen-bond donors (Lipinski definition) is 2. The van der Waals surface area contributed by atoms with Gasteiger partial charge in [0.1, 0.15) is 12.3 Å². The topological polar surface area (TPSA) is 87.5 Å². The first-order valence-corrected chi connectivity index (χ1v) is 9.34. The average molecular weight is 372 g/mol. The van der Waals surface area contributed by atoms with Gasteiger partial charge < -0.3 is 20.1 Å². The van der Waals surface area contributed by atoms with Crippen molar-refractivity contribution in [2.45, 2.75) is 46.5 Å². The molecule has 0 aliphatic rings. The molecule has 0 unspecified atom stereocenters. The fourth-order valence-electron chi connectivity index (χ4n) is 2.67. The highest BCUT2D eigenvalue weighted by molar-refractivity contribution is 5.96. The standard InChI is InChI=1S/C20H28N4O3/c1-4-5-6-9-12-24(14-19(25)22-18-13-16(3)27-23-18)20(26)21-17-11-8-7-10-15(17)2/h7-8,10-11,13H,4-6,9,12,14H2,1-3H3,(H,21,26)(H,22,23,25). The lowest BCUT2D eigenvalue weighted by Gasteiger charge is -2.23. The number of carbonyl (C=O) groups is 2. The van der Waals surface area contributed by atoms with Crippen molar-refractivity contribution in [3.8, 4) is 0 Å². The number of hydrogen-bond acceptors (Lipinski definition) is 4. The maximum absolute atomic E-state index is 12.7. The van der Waals surface area contributed by atoms with Crippen LogP contribution in [0.1, 0.15) is 43.9 Å².